The van der Waals surface area contributed by atoms with Crippen LogP contribution in [0, 0.1) is 0 Å². The largest absolute Gasteiger partial charge is 0.487 e. The quantitative estimate of drug-likeness (QED) is 0.831. The van der Waals surface area contributed by atoms with Gasteiger partial charge in [0.05, 0.1) is 5.02 Å². The standard InChI is InChI=1S/C12H11ClN2O/c13-11-7-10(14)1-2-12(11)16-8-9-3-5-15-6-4-9/h1-7H,8,14H2. The Bertz CT molecular complexity index is 474. The highest BCUT2D eigenvalue weighted by Gasteiger charge is 2.01. The molecule has 0 fully saturated rings. The van der Waals surface area contributed by atoms with Crippen molar-refractivity contribution in [1.29, 1.82) is 0 Å². The number of benzene rings is 1. The number of ether oxygens (including phenoxy) is 1. The van der Waals surface area contributed by atoms with Crippen LogP contribution in [-0.2, 0) is 6.61 Å². The molecule has 0 saturated carbocycles. The van der Waals surface area contributed by atoms with Gasteiger partial charge in [-0.3, -0.25) is 4.98 Å². The summed E-state index contributed by atoms with van der Waals surface area (Å²) in [5, 5.41) is 0.522. The number of halogens is 1. The molecule has 0 radical (unpaired) electrons. The van der Waals surface area contributed by atoms with Gasteiger partial charge in [0, 0.05) is 18.1 Å². The molecule has 1 aromatic carbocycles. The van der Waals surface area contributed by atoms with Crippen molar-refractivity contribution < 1.29 is 4.74 Å². The van der Waals surface area contributed by atoms with E-state index >= 15 is 0 Å². The first kappa shape index (κ1) is 10.8. The molecule has 2 N–H and O–H groups in total. The van der Waals surface area contributed by atoms with Crippen molar-refractivity contribution in [1.82, 2.24) is 4.98 Å². The van der Waals surface area contributed by atoms with E-state index in [1.54, 1.807) is 30.6 Å². The van der Waals surface area contributed by atoms with Gasteiger partial charge in [0.1, 0.15) is 12.4 Å². The number of pyridine rings is 1. The predicted molar refractivity (Wildman–Crippen MR) is 64.4 cm³/mol. The fourth-order valence-electron chi connectivity index (χ4n) is 1.27. The van der Waals surface area contributed by atoms with E-state index < -0.39 is 0 Å². The third-order valence-corrected chi connectivity index (χ3v) is 2.40. The minimum Gasteiger partial charge on any atom is -0.487 e. The number of anilines is 1. The molecule has 82 valence electrons. The van der Waals surface area contributed by atoms with Crippen molar-refractivity contribution in [2.75, 3.05) is 5.73 Å². The van der Waals surface area contributed by atoms with Crippen LogP contribution < -0.4 is 10.5 Å². The molecule has 0 bridgehead atoms. The Balaban J connectivity index is 2.05. The Hall–Kier alpha value is -1.74. The first-order valence-corrected chi connectivity index (χ1v) is 5.20. The van der Waals surface area contributed by atoms with Crippen LogP contribution in [0.2, 0.25) is 5.02 Å². The number of rotatable bonds is 3. The van der Waals surface area contributed by atoms with Crippen molar-refractivity contribution in [3.8, 4) is 5.75 Å². The van der Waals surface area contributed by atoms with Gasteiger partial charge in [-0.2, -0.15) is 0 Å². The maximum atomic E-state index is 5.98. The molecule has 0 aliphatic heterocycles. The zero-order valence-corrected chi connectivity index (χ0v) is 9.32. The number of nitrogens with two attached hydrogens (primary N) is 1. The lowest BCUT2D eigenvalue weighted by atomic mass is 10.3. The first-order chi connectivity index (χ1) is 7.75. The molecule has 0 unspecified atom stereocenters. The van der Waals surface area contributed by atoms with Gasteiger partial charge in [0.15, 0.2) is 0 Å². The van der Waals surface area contributed by atoms with Crippen molar-refractivity contribution in [3.63, 3.8) is 0 Å². The molecule has 0 spiro atoms. The third-order valence-electron chi connectivity index (χ3n) is 2.10. The van der Waals surface area contributed by atoms with Crippen molar-refractivity contribution in [2.24, 2.45) is 0 Å². The molecule has 1 heterocycles. The lowest BCUT2D eigenvalue weighted by molar-refractivity contribution is 0.306. The minimum absolute atomic E-state index is 0.464. The Morgan fingerprint density at radius 1 is 1.19 bits per heavy atom. The van der Waals surface area contributed by atoms with E-state index in [0.717, 1.165) is 5.56 Å². The van der Waals surface area contributed by atoms with E-state index in [9.17, 15) is 0 Å². The smallest absolute Gasteiger partial charge is 0.138 e. The second-order valence-corrected chi connectivity index (χ2v) is 3.74. The summed E-state index contributed by atoms with van der Waals surface area (Å²) in [4.78, 5) is 3.93. The van der Waals surface area contributed by atoms with E-state index in [1.165, 1.54) is 0 Å². The number of nitrogen functional groups attached to an aromatic ring is 1. The van der Waals surface area contributed by atoms with Crippen LogP contribution in [0.1, 0.15) is 5.56 Å². The summed E-state index contributed by atoms with van der Waals surface area (Å²) in [6, 6.07) is 8.98. The summed E-state index contributed by atoms with van der Waals surface area (Å²) in [5.74, 6) is 0.632. The van der Waals surface area contributed by atoms with Gasteiger partial charge in [-0.15, -0.1) is 0 Å². The molecule has 4 heteroatoms. The maximum Gasteiger partial charge on any atom is 0.138 e. The summed E-state index contributed by atoms with van der Waals surface area (Å²) >= 11 is 5.98. The van der Waals surface area contributed by atoms with Crippen LogP contribution in [-0.4, -0.2) is 4.98 Å². The average molecular weight is 235 g/mol. The molecule has 3 nitrogen and oxygen atoms in total. The van der Waals surface area contributed by atoms with E-state index in [4.69, 9.17) is 22.1 Å². The highest BCUT2D eigenvalue weighted by molar-refractivity contribution is 6.32. The van der Waals surface area contributed by atoms with Crippen LogP contribution in [0.15, 0.2) is 42.7 Å². The van der Waals surface area contributed by atoms with E-state index in [0.29, 0.717) is 23.1 Å². The number of aromatic nitrogens is 1. The number of nitrogens with zero attached hydrogens (tertiary/aromatic N) is 1. The van der Waals surface area contributed by atoms with Crippen molar-refractivity contribution in [3.05, 3.63) is 53.3 Å². The average Bonchev–Trinajstić information content (AvgIpc) is 2.29. The topological polar surface area (TPSA) is 48.1 Å². The fourth-order valence-corrected chi connectivity index (χ4v) is 1.52. The Kier molecular flexibility index (Phi) is 3.27. The number of hydrogen-bond acceptors (Lipinski definition) is 3. The molecule has 16 heavy (non-hydrogen) atoms. The van der Waals surface area contributed by atoms with Gasteiger partial charge in [-0.25, -0.2) is 0 Å². The SMILES string of the molecule is Nc1ccc(OCc2ccncc2)c(Cl)c1. The zero-order chi connectivity index (χ0) is 11.4. The molecule has 1 aromatic heterocycles. The fraction of sp³-hybridized carbons (Fsp3) is 0.0833. The predicted octanol–water partition coefficient (Wildman–Crippen LogP) is 2.90. The molecule has 0 atom stereocenters. The van der Waals surface area contributed by atoms with Gasteiger partial charge in [-0.05, 0) is 35.9 Å². The van der Waals surface area contributed by atoms with Crippen LogP contribution in [0.5, 0.6) is 5.75 Å². The molecule has 2 aromatic rings. The summed E-state index contributed by atoms with van der Waals surface area (Å²) in [5.41, 5.74) is 7.26. The van der Waals surface area contributed by atoms with Crippen LogP contribution >= 0.6 is 11.6 Å². The highest BCUT2D eigenvalue weighted by atomic mass is 35.5. The second kappa shape index (κ2) is 4.86. The van der Waals surface area contributed by atoms with Crippen molar-refractivity contribution >= 4 is 17.3 Å². The van der Waals surface area contributed by atoms with E-state index in [-0.39, 0.29) is 0 Å². The maximum absolute atomic E-state index is 5.98. The summed E-state index contributed by atoms with van der Waals surface area (Å²) in [6.45, 7) is 0.464. The monoisotopic (exact) mass is 234 g/mol. The molecule has 0 saturated heterocycles. The van der Waals surface area contributed by atoms with E-state index in [2.05, 4.69) is 4.98 Å². The molecular weight excluding hydrogens is 224 g/mol. The van der Waals surface area contributed by atoms with Gasteiger partial charge in [0.2, 0.25) is 0 Å². The zero-order valence-electron chi connectivity index (χ0n) is 8.56. The molecule has 0 amide bonds. The molecule has 2 rings (SSSR count). The highest BCUT2D eigenvalue weighted by Crippen LogP contribution is 2.26. The van der Waals surface area contributed by atoms with E-state index in [1.807, 2.05) is 12.1 Å². The molecule has 0 aliphatic rings. The van der Waals surface area contributed by atoms with Gasteiger partial charge in [0.25, 0.3) is 0 Å². The lowest BCUT2D eigenvalue weighted by Gasteiger charge is -2.08. The summed E-state index contributed by atoms with van der Waals surface area (Å²) in [6.07, 6.45) is 3.45. The Labute approximate surface area is 98.8 Å². The second-order valence-electron chi connectivity index (χ2n) is 3.33. The van der Waals surface area contributed by atoms with Gasteiger partial charge < -0.3 is 10.5 Å². The Morgan fingerprint density at radius 2 is 1.94 bits per heavy atom. The van der Waals surface area contributed by atoms with Gasteiger partial charge >= 0.3 is 0 Å². The van der Waals surface area contributed by atoms with Crippen LogP contribution in [0.25, 0.3) is 0 Å². The van der Waals surface area contributed by atoms with Crippen LogP contribution in [0.3, 0.4) is 0 Å². The summed E-state index contributed by atoms with van der Waals surface area (Å²) in [7, 11) is 0. The lowest BCUT2D eigenvalue weighted by Crippen LogP contribution is -1.96. The Morgan fingerprint density at radius 3 is 2.62 bits per heavy atom. The van der Waals surface area contributed by atoms with Crippen molar-refractivity contribution in [2.45, 2.75) is 6.61 Å². The number of hydrogen-bond donors (Lipinski definition) is 1. The summed E-state index contributed by atoms with van der Waals surface area (Å²) < 4.78 is 5.56. The minimum atomic E-state index is 0.464. The third kappa shape index (κ3) is 2.64. The van der Waals surface area contributed by atoms with Gasteiger partial charge in [-0.1, -0.05) is 11.6 Å². The first-order valence-electron chi connectivity index (χ1n) is 4.82. The normalized spacial score (nSPS) is 10.1. The van der Waals surface area contributed by atoms with Crippen LogP contribution in [0.4, 0.5) is 5.69 Å². The molecular formula is C12H11ClN2O. The molecule has 0 aliphatic carbocycles.